The first-order valence-electron chi connectivity index (χ1n) is 7.04. The Morgan fingerprint density at radius 1 is 1.00 bits per heavy atom. The first kappa shape index (κ1) is 17.1. The van der Waals surface area contributed by atoms with Crippen LogP contribution in [-0.2, 0) is 14.9 Å². The van der Waals surface area contributed by atoms with Gasteiger partial charge in [0, 0.05) is 19.1 Å². The lowest BCUT2D eigenvalue weighted by molar-refractivity contribution is 0.0571. The second-order valence-electron chi connectivity index (χ2n) is 5.17. The van der Waals surface area contributed by atoms with Gasteiger partial charge in [-0.05, 0) is 25.3 Å². The van der Waals surface area contributed by atoms with Crippen molar-refractivity contribution in [3.8, 4) is 0 Å². The van der Waals surface area contributed by atoms with Crippen LogP contribution in [0.25, 0.3) is 0 Å². The minimum atomic E-state index is -0.585. The summed E-state index contributed by atoms with van der Waals surface area (Å²) in [6, 6.07) is 7.97. The van der Waals surface area contributed by atoms with E-state index < -0.39 is 5.41 Å². The second kappa shape index (κ2) is 9.08. The first-order chi connectivity index (χ1) is 9.68. The summed E-state index contributed by atoms with van der Waals surface area (Å²) in [5, 5.41) is 19.4. The summed E-state index contributed by atoms with van der Waals surface area (Å²) in [5.41, 5.74) is 1.56. The third-order valence-electron chi connectivity index (χ3n) is 3.65. The Hall–Kier alpha value is -0.940. The molecule has 1 aromatic rings. The van der Waals surface area contributed by atoms with Crippen LogP contribution < -0.4 is 0 Å². The van der Waals surface area contributed by atoms with Crippen LogP contribution in [0.3, 0.4) is 0 Å². The third-order valence-corrected chi connectivity index (χ3v) is 3.65. The minimum Gasteiger partial charge on any atom is -0.395 e. The number of rotatable bonds is 10. The van der Waals surface area contributed by atoms with E-state index in [0.717, 1.165) is 12.0 Å². The number of hydrogen-bond acceptors (Lipinski definition) is 4. The van der Waals surface area contributed by atoms with E-state index in [0.29, 0.717) is 26.2 Å². The number of aryl methyl sites for hydroxylation is 1. The summed E-state index contributed by atoms with van der Waals surface area (Å²) in [6.07, 6.45) is 1.48. The number of methoxy groups -OCH3 is 1. The fraction of sp³-hybridized carbons (Fsp3) is 0.625. The quantitative estimate of drug-likeness (QED) is 0.641. The summed E-state index contributed by atoms with van der Waals surface area (Å²) < 4.78 is 10.3. The van der Waals surface area contributed by atoms with Crippen LogP contribution in [0.2, 0.25) is 0 Å². The van der Waals surface area contributed by atoms with Gasteiger partial charge in [0.2, 0.25) is 0 Å². The molecule has 4 nitrogen and oxygen atoms in total. The highest BCUT2D eigenvalue weighted by Crippen LogP contribution is 2.29. The molecule has 0 fully saturated rings. The largest absolute Gasteiger partial charge is 0.395 e. The van der Waals surface area contributed by atoms with E-state index in [1.54, 1.807) is 7.11 Å². The normalized spacial score (nSPS) is 11.8. The summed E-state index contributed by atoms with van der Waals surface area (Å²) in [6.45, 7) is 3.66. The molecule has 0 aromatic heterocycles. The molecule has 4 heteroatoms. The van der Waals surface area contributed by atoms with Gasteiger partial charge in [-0.1, -0.05) is 29.8 Å². The smallest absolute Gasteiger partial charge is 0.0700 e. The molecule has 0 aliphatic heterocycles. The van der Waals surface area contributed by atoms with Crippen molar-refractivity contribution in [2.75, 3.05) is 40.1 Å². The molecule has 0 amide bonds. The van der Waals surface area contributed by atoms with Gasteiger partial charge >= 0.3 is 0 Å². The van der Waals surface area contributed by atoms with Crippen LogP contribution in [-0.4, -0.2) is 50.4 Å². The monoisotopic (exact) mass is 282 g/mol. The Labute approximate surface area is 121 Å². The highest BCUT2D eigenvalue weighted by molar-refractivity contribution is 5.29. The van der Waals surface area contributed by atoms with Gasteiger partial charge in [0.05, 0.1) is 26.4 Å². The van der Waals surface area contributed by atoms with Gasteiger partial charge in [0.15, 0.2) is 0 Å². The standard InChI is InChI=1S/C16H26O4/c1-14-4-6-15(7-5-14)16(12-17,13-18)8-3-9-20-11-10-19-2/h4-7,17-18H,3,8-13H2,1-2H3. The van der Waals surface area contributed by atoms with Crippen LogP contribution in [0.5, 0.6) is 0 Å². The predicted molar refractivity (Wildman–Crippen MR) is 79.0 cm³/mol. The summed E-state index contributed by atoms with van der Waals surface area (Å²) in [4.78, 5) is 0. The number of aliphatic hydroxyl groups is 2. The highest BCUT2D eigenvalue weighted by atomic mass is 16.5. The Balaban J connectivity index is 2.56. The number of hydrogen-bond donors (Lipinski definition) is 2. The zero-order chi connectivity index (χ0) is 14.8. The van der Waals surface area contributed by atoms with Crippen molar-refractivity contribution in [2.45, 2.75) is 25.2 Å². The topological polar surface area (TPSA) is 58.9 Å². The molecular formula is C16H26O4. The van der Waals surface area contributed by atoms with E-state index in [4.69, 9.17) is 9.47 Å². The molecule has 1 rings (SSSR count). The van der Waals surface area contributed by atoms with Gasteiger partial charge in [-0.15, -0.1) is 0 Å². The van der Waals surface area contributed by atoms with Gasteiger partial charge in [0.25, 0.3) is 0 Å². The summed E-state index contributed by atoms with van der Waals surface area (Å²) in [7, 11) is 1.64. The van der Waals surface area contributed by atoms with Crippen molar-refractivity contribution < 1.29 is 19.7 Å². The van der Waals surface area contributed by atoms with Crippen molar-refractivity contribution in [3.63, 3.8) is 0 Å². The van der Waals surface area contributed by atoms with Gasteiger partial charge in [-0.2, -0.15) is 0 Å². The van der Waals surface area contributed by atoms with Crippen LogP contribution in [0.4, 0.5) is 0 Å². The van der Waals surface area contributed by atoms with E-state index in [1.165, 1.54) is 5.56 Å². The summed E-state index contributed by atoms with van der Waals surface area (Å²) in [5.74, 6) is 0. The molecule has 0 heterocycles. The van der Waals surface area contributed by atoms with Crippen molar-refractivity contribution in [3.05, 3.63) is 35.4 Å². The molecule has 0 bridgehead atoms. The Bertz CT molecular complexity index is 357. The first-order valence-corrected chi connectivity index (χ1v) is 7.04. The second-order valence-corrected chi connectivity index (χ2v) is 5.17. The third kappa shape index (κ3) is 4.87. The fourth-order valence-electron chi connectivity index (χ4n) is 2.20. The van der Waals surface area contributed by atoms with Crippen molar-refractivity contribution in [1.82, 2.24) is 0 Å². The van der Waals surface area contributed by atoms with Gasteiger partial charge < -0.3 is 19.7 Å². The average Bonchev–Trinajstić information content (AvgIpc) is 2.48. The van der Waals surface area contributed by atoms with E-state index in [-0.39, 0.29) is 13.2 Å². The highest BCUT2D eigenvalue weighted by Gasteiger charge is 2.30. The number of benzene rings is 1. The molecule has 0 unspecified atom stereocenters. The lowest BCUT2D eigenvalue weighted by Crippen LogP contribution is -2.35. The molecule has 2 N–H and O–H groups in total. The zero-order valence-corrected chi connectivity index (χ0v) is 12.5. The number of ether oxygens (including phenoxy) is 2. The molecule has 0 spiro atoms. The Morgan fingerprint density at radius 2 is 1.65 bits per heavy atom. The molecule has 0 aliphatic rings. The van der Waals surface area contributed by atoms with Crippen molar-refractivity contribution in [1.29, 1.82) is 0 Å². The molecule has 114 valence electrons. The van der Waals surface area contributed by atoms with Crippen LogP contribution >= 0.6 is 0 Å². The maximum Gasteiger partial charge on any atom is 0.0700 e. The maximum absolute atomic E-state index is 9.72. The van der Waals surface area contributed by atoms with Crippen molar-refractivity contribution >= 4 is 0 Å². The summed E-state index contributed by atoms with van der Waals surface area (Å²) >= 11 is 0. The lowest BCUT2D eigenvalue weighted by Gasteiger charge is -2.30. The van der Waals surface area contributed by atoms with E-state index >= 15 is 0 Å². The van der Waals surface area contributed by atoms with Crippen LogP contribution in [0.15, 0.2) is 24.3 Å². The van der Waals surface area contributed by atoms with Gasteiger partial charge in [-0.25, -0.2) is 0 Å². The van der Waals surface area contributed by atoms with E-state index in [9.17, 15) is 10.2 Å². The zero-order valence-electron chi connectivity index (χ0n) is 12.5. The number of aliphatic hydroxyl groups excluding tert-OH is 2. The van der Waals surface area contributed by atoms with Crippen LogP contribution in [0, 0.1) is 6.92 Å². The van der Waals surface area contributed by atoms with E-state index in [2.05, 4.69) is 0 Å². The van der Waals surface area contributed by atoms with Crippen LogP contribution in [0.1, 0.15) is 24.0 Å². The van der Waals surface area contributed by atoms with Gasteiger partial charge in [0.1, 0.15) is 0 Å². The SMILES string of the molecule is COCCOCCCC(CO)(CO)c1ccc(C)cc1. The average molecular weight is 282 g/mol. The predicted octanol–water partition coefficient (Wildman–Crippen LogP) is 1.66. The lowest BCUT2D eigenvalue weighted by atomic mass is 9.78. The molecular weight excluding hydrogens is 256 g/mol. The molecule has 0 saturated heterocycles. The molecule has 0 atom stereocenters. The molecule has 0 radical (unpaired) electrons. The maximum atomic E-state index is 9.72. The Kier molecular flexibility index (Phi) is 7.77. The molecule has 20 heavy (non-hydrogen) atoms. The van der Waals surface area contributed by atoms with Gasteiger partial charge in [-0.3, -0.25) is 0 Å². The van der Waals surface area contributed by atoms with E-state index in [1.807, 2.05) is 31.2 Å². The fourth-order valence-corrected chi connectivity index (χ4v) is 2.20. The Morgan fingerprint density at radius 3 is 2.20 bits per heavy atom. The molecule has 0 aliphatic carbocycles. The molecule has 0 saturated carbocycles. The molecule has 1 aromatic carbocycles. The minimum absolute atomic E-state index is 0.0648. The van der Waals surface area contributed by atoms with Crippen molar-refractivity contribution in [2.24, 2.45) is 0 Å².